The van der Waals surface area contributed by atoms with Gasteiger partial charge in [-0.05, 0) is 42.0 Å². The number of nitrogens with zero attached hydrogens (tertiary/aromatic N) is 3. The lowest BCUT2D eigenvalue weighted by Gasteiger charge is -2.13. The second-order valence-corrected chi connectivity index (χ2v) is 9.97. The quantitative estimate of drug-likeness (QED) is 0.207. The molecule has 0 N–H and O–H groups in total. The number of rotatable bonds is 4. The van der Waals surface area contributed by atoms with E-state index in [1.54, 1.807) is 12.3 Å². The van der Waals surface area contributed by atoms with Crippen molar-refractivity contribution >= 4 is 89.3 Å². The fraction of sp³-hybridized carbons (Fsp3) is 0. The fourth-order valence-corrected chi connectivity index (χ4v) is 5.10. The Morgan fingerprint density at radius 1 is 1.14 bits per heavy atom. The molecule has 0 radical (unpaired) electrons. The minimum atomic E-state index is -0.481. The molecule has 0 aliphatic carbocycles. The van der Waals surface area contributed by atoms with Crippen molar-refractivity contribution in [3.05, 3.63) is 78.6 Å². The molecular formula is C19H9BrCl2FN3OS2. The van der Waals surface area contributed by atoms with Crippen LogP contribution in [0.15, 0.2) is 58.1 Å². The van der Waals surface area contributed by atoms with Crippen LogP contribution in [0.1, 0.15) is 15.9 Å². The van der Waals surface area contributed by atoms with Crippen LogP contribution in [0.2, 0.25) is 8.67 Å². The number of carbonyl (C=O) groups excluding carboxylic acids is 1. The number of carbonyl (C=O) groups is 1. The first-order chi connectivity index (χ1) is 13.9. The standard InChI is InChI=1S/C19H9BrCl2FN3OS2/c20-11-3-1-10(2-4-11)9-24-26(18(27)13-8-16(21)29-17(13)22)19-25-14-6-5-12(23)7-15(14)28-19/h1-9H/b24-9+. The van der Waals surface area contributed by atoms with Crippen molar-refractivity contribution in [1.82, 2.24) is 4.98 Å². The lowest BCUT2D eigenvalue weighted by atomic mass is 10.2. The topological polar surface area (TPSA) is 45.6 Å². The van der Waals surface area contributed by atoms with Crippen molar-refractivity contribution in [3.8, 4) is 0 Å². The summed E-state index contributed by atoms with van der Waals surface area (Å²) >= 11 is 17.8. The molecule has 4 nitrogen and oxygen atoms in total. The molecule has 2 aromatic heterocycles. The molecule has 146 valence electrons. The van der Waals surface area contributed by atoms with Gasteiger partial charge >= 0.3 is 0 Å². The van der Waals surface area contributed by atoms with Crippen LogP contribution in [0, 0.1) is 5.82 Å². The van der Waals surface area contributed by atoms with Crippen molar-refractivity contribution in [2.24, 2.45) is 5.10 Å². The second kappa shape index (κ2) is 8.49. The van der Waals surface area contributed by atoms with E-state index in [2.05, 4.69) is 26.0 Å². The Hall–Kier alpha value is -1.84. The van der Waals surface area contributed by atoms with Crippen LogP contribution in [0.4, 0.5) is 9.52 Å². The number of thiophene rings is 1. The summed E-state index contributed by atoms with van der Waals surface area (Å²) in [5.74, 6) is -0.859. The van der Waals surface area contributed by atoms with Crippen LogP contribution in [-0.4, -0.2) is 17.1 Å². The minimum Gasteiger partial charge on any atom is -0.267 e. The van der Waals surface area contributed by atoms with E-state index < -0.39 is 5.91 Å². The zero-order valence-corrected chi connectivity index (χ0v) is 19.0. The Morgan fingerprint density at radius 2 is 1.90 bits per heavy atom. The Morgan fingerprint density at radius 3 is 2.59 bits per heavy atom. The average molecular weight is 529 g/mol. The predicted molar refractivity (Wildman–Crippen MR) is 122 cm³/mol. The smallest absolute Gasteiger partial charge is 0.267 e. The van der Waals surface area contributed by atoms with Crippen molar-refractivity contribution in [2.75, 3.05) is 5.01 Å². The van der Waals surface area contributed by atoms with Crippen molar-refractivity contribution < 1.29 is 9.18 Å². The molecule has 0 fully saturated rings. The van der Waals surface area contributed by atoms with Crippen molar-refractivity contribution in [3.63, 3.8) is 0 Å². The SMILES string of the molecule is O=C(c1cc(Cl)sc1Cl)N(/N=C/c1ccc(Br)cc1)c1nc2ccc(F)cc2s1. The van der Waals surface area contributed by atoms with Crippen LogP contribution >= 0.6 is 61.8 Å². The molecule has 0 saturated heterocycles. The molecule has 2 aromatic carbocycles. The van der Waals surface area contributed by atoms with E-state index in [0.29, 0.717) is 19.7 Å². The molecule has 2 heterocycles. The number of halogens is 4. The van der Waals surface area contributed by atoms with Gasteiger partial charge in [-0.3, -0.25) is 4.79 Å². The summed E-state index contributed by atoms with van der Waals surface area (Å²) in [6, 6.07) is 13.2. The first kappa shape index (κ1) is 20.4. The number of fused-ring (bicyclic) bond motifs is 1. The number of thiazole rings is 1. The summed E-state index contributed by atoms with van der Waals surface area (Å²) in [7, 11) is 0. The van der Waals surface area contributed by atoms with Gasteiger partial charge in [0.1, 0.15) is 10.2 Å². The number of hydrazone groups is 1. The summed E-state index contributed by atoms with van der Waals surface area (Å²) in [6.45, 7) is 0. The van der Waals surface area contributed by atoms with Crippen LogP contribution < -0.4 is 5.01 Å². The van der Waals surface area contributed by atoms with Gasteiger partial charge in [0.2, 0.25) is 5.13 Å². The Labute approximate surface area is 191 Å². The lowest BCUT2D eigenvalue weighted by molar-refractivity contribution is 0.0988. The van der Waals surface area contributed by atoms with Gasteiger partial charge in [0.25, 0.3) is 5.91 Å². The molecule has 1 amide bonds. The van der Waals surface area contributed by atoms with Crippen molar-refractivity contribution in [2.45, 2.75) is 0 Å². The maximum absolute atomic E-state index is 13.6. The summed E-state index contributed by atoms with van der Waals surface area (Å²) in [4.78, 5) is 17.6. The third kappa shape index (κ3) is 4.51. The first-order valence-corrected chi connectivity index (χ1v) is 11.2. The van der Waals surface area contributed by atoms with Crippen LogP contribution in [0.5, 0.6) is 0 Å². The highest BCUT2D eigenvalue weighted by Gasteiger charge is 2.25. The molecule has 0 saturated carbocycles. The van der Waals surface area contributed by atoms with E-state index in [9.17, 15) is 9.18 Å². The Bertz CT molecular complexity index is 1240. The molecule has 4 rings (SSSR count). The van der Waals surface area contributed by atoms with Crippen LogP contribution in [0.3, 0.4) is 0 Å². The minimum absolute atomic E-state index is 0.222. The number of hydrogen-bond acceptors (Lipinski definition) is 5. The van der Waals surface area contributed by atoms with E-state index in [1.165, 1.54) is 18.2 Å². The number of amides is 1. The third-order valence-electron chi connectivity index (χ3n) is 3.79. The summed E-state index contributed by atoms with van der Waals surface area (Å²) in [6.07, 6.45) is 1.54. The molecular weight excluding hydrogens is 520 g/mol. The van der Waals surface area contributed by atoms with Gasteiger partial charge in [-0.1, -0.05) is 62.6 Å². The molecule has 10 heteroatoms. The van der Waals surface area contributed by atoms with Gasteiger partial charge < -0.3 is 0 Å². The normalized spacial score (nSPS) is 11.4. The Kier molecular flexibility index (Phi) is 5.98. The largest absolute Gasteiger partial charge is 0.283 e. The molecule has 0 bridgehead atoms. The van der Waals surface area contributed by atoms with E-state index in [-0.39, 0.29) is 15.7 Å². The van der Waals surface area contributed by atoms with Gasteiger partial charge in [-0.25, -0.2) is 9.37 Å². The number of benzene rings is 2. The van der Waals surface area contributed by atoms with Gasteiger partial charge in [0.15, 0.2) is 0 Å². The molecule has 0 unspecified atom stereocenters. The van der Waals surface area contributed by atoms with Gasteiger partial charge in [0, 0.05) is 4.47 Å². The maximum atomic E-state index is 13.6. The first-order valence-electron chi connectivity index (χ1n) is 8.05. The highest BCUT2D eigenvalue weighted by atomic mass is 79.9. The maximum Gasteiger partial charge on any atom is 0.283 e. The summed E-state index contributed by atoms with van der Waals surface area (Å²) in [5, 5.41) is 5.78. The number of anilines is 1. The van der Waals surface area contributed by atoms with Crippen LogP contribution in [-0.2, 0) is 0 Å². The van der Waals surface area contributed by atoms with E-state index in [0.717, 1.165) is 37.7 Å². The predicted octanol–water partition coefficient (Wildman–Crippen LogP) is 7.25. The van der Waals surface area contributed by atoms with Crippen LogP contribution in [0.25, 0.3) is 10.2 Å². The van der Waals surface area contributed by atoms with Gasteiger partial charge in [0.05, 0.1) is 26.3 Å². The van der Waals surface area contributed by atoms with E-state index in [1.807, 2.05) is 24.3 Å². The molecule has 0 atom stereocenters. The zero-order chi connectivity index (χ0) is 20.5. The van der Waals surface area contributed by atoms with Gasteiger partial charge in [-0.2, -0.15) is 10.1 Å². The van der Waals surface area contributed by atoms with Crippen molar-refractivity contribution in [1.29, 1.82) is 0 Å². The summed E-state index contributed by atoms with van der Waals surface area (Å²) in [5.41, 5.74) is 1.57. The molecule has 4 aromatic rings. The van der Waals surface area contributed by atoms with E-state index >= 15 is 0 Å². The lowest BCUT2D eigenvalue weighted by Crippen LogP contribution is -2.25. The zero-order valence-electron chi connectivity index (χ0n) is 14.3. The second-order valence-electron chi connectivity index (χ2n) is 5.76. The molecule has 29 heavy (non-hydrogen) atoms. The monoisotopic (exact) mass is 527 g/mol. The highest BCUT2D eigenvalue weighted by Crippen LogP contribution is 2.35. The third-order valence-corrected chi connectivity index (χ3v) is 6.80. The number of aromatic nitrogens is 1. The number of hydrogen-bond donors (Lipinski definition) is 0. The molecule has 0 aliphatic rings. The Balaban J connectivity index is 1.77. The summed E-state index contributed by atoms with van der Waals surface area (Å²) < 4.78 is 15.7. The average Bonchev–Trinajstić information content (AvgIpc) is 3.25. The fourth-order valence-electron chi connectivity index (χ4n) is 2.44. The molecule has 0 aliphatic heterocycles. The van der Waals surface area contributed by atoms with Gasteiger partial charge in [-0.15, -0.1) is 11.3 Å². The van der Waals surface area contributed by atoms with E-state index in [4.69, 9.17) is 23.2 Å². The highest BCUT2D eigenvalue weighted by molar-refractivity contribution is 9.10. The molecule has 0 spiro atoms.